The van der Waals surface area contributed by atoms with Crippen molar-refractivity contribution in [2.45, 2.75) is 6.42 Å². The van der Waals surface area contributed by atoms with Gasteiger partial charge in [0.15, 0.2) is 0 Å². The minimum absolute atomic E-state index is 0.889. The highest BCUT2D eigenvalue weighted by molar-refractivity contribution is 4.81. The average molecular weight is 127 g/mol. The Balaban J connectivity index is 1.82. The van der Waals surface area contributed by atoms with Gasteiger partial charge in [-0.1, -0.05) is 0 Å². The zero-order valence-corrected chi connectivity index (χ0v) is 5.60. The molecule has 0 saturated carbocycles. The van der Waals surface area contributed by atoms with E-state index in [1.807, 2.05) is 0 Å². The predicted molar refractivity (Wildman–Crippen MR) is 35.3 cm³/mol. The van der Waals surface area contributed by atoms with E-state index in [1.165, 1.54) is 19.5 Å². The molecule has 2 saturated heterocycles. The SMILES string of the molecule is C1C[C@@H](C2COC2)CN1. The standard InChI is InChI=1S/C7H13NO/c1-2-8-3-6(1)7-4-9-5-7/h6-8H,1-5H2/t6-/m1/s1. The van der Waals surface area contributed by atoms with Gasteiger partial charge in [0.05, 0.1) is 13.2 Å². The van der Waals surface area contributed by atoms with Crippen molar-refractivity contribution in [1.29, 1.82) is 0 Å². The minimum Gasteiger partial charge on any atom is -0.381 e. The van der Waals surface area contributed by atoms with Crippen molar-refractivity contribution in [3.8, 4) is 0 Å². The Kier molecular flexibility index (Phi) is 1.44. The Morgan fingerprint density at radius 1 is 1.22 bits per heavy atom. The largest absolute Gasteiger partial charge is 0.381 e. The van der Waals surface area contributed by atoms with E-state index >= 15 is 0 Å². The summed E-state index contributed by atoms with van der Waals surface area (Å²) in [6.45, 7) is 4.49. The molecule has 2 aliphatic rings. The number of rotatable bonds is 1. The van der Waals surface area contributed by atoms with E-state index < -0.39 is 0 Å². The van der Waals surface area contributed by atoms with E-state index in [2.05, 4.69) is 5.32 Å². The molecule has 0 bridgehead atoms. The highest BCUT2D eigenvalue weighted by Crippen LogP contribution is 2.24. The zero-order chi connectivity index (χ0) is 6.10. The second-order valence-corrected chi connectivity index (χ2v) is 3.05. The molecule has 2 fully saturated rings. The van der Waals surface area contributed by atoms with Crippen LogP contribution < -0.4 is 5.32 Å². The summed E-state index contributed by atoms with van der Waals surface area (Å²) < 4.78 is 5.12. The van der Waals surface area contributed by atoms with Crippen LogP contribution in [-0.2, 0) is 4.74 Å². The van der Waals surface area contributed by atoms with E-state index in [4.69, 9.17) is 4.74 Å². The monoisotopic (exact) mass is 127 g/mol. The third-order valence-corrected chi connectivity index (χ3v) is 2.43. The molecule has 0 aromatic heterocycles. The molecule has 1 atom stereocenters. The molecule has 2 nitrogen and oxygen atoms in total. The van der Waals surface area contributed by atoms with Crippen LogP contribution in [0.5, 0.6) is 0 Å². The van der Waals surface area contributed by atoms with Gasteiger partial charge in [0.25, 0.3) is 0 Å². The molecular weight excluding hydrogens is 114 g/mol. The van der Waals surface area contributed by atoms with Crippen LogP contribution in [0.15, 0.2) is 0 Å². The van der Waals surface area contributed by atoms with Crippen molar-refractivity contribution in [2.24, 2.45) is 11.8 Å². The van der Waals surface area contributed by atoms with Gasteiger partial charge in [0.2, 0.25) is 0 Å². The molecule has 0 aromatic carbocycles. The topological polar surface area (TPSA) is 21.3 Å². The van der Waals surface area contributed by atoms with E-state index in [0.717, 1.165) is 25.0 Å². The van der Waals surface area contributed by atoms with E-state index in [-0.39, 0.29) is 0 Å². The zero-order valence-electron chi connectivity index (χ0n) is 5.60. The van der Waals surface area contributed by atoms with Gasteiger partial charge in [-0.25, -0.2) is 0 Å². The highest BCUT2D eigenvalue weighted by Gasteiger charge is 2.29. The van der Waals surface area contributed by atoms with Gasteiger partial charge in [0.1, 0.15) is 0 Å². The summed E-state index contributed by atoms with van der Waals surface area (Å²) in [6, 6.07) is 0. The molecule has 0 unspecified atom stereocenters. The summed E-state index contributed by atoms with van der Waals surface area (Å²) in [7, 11) is 0. The van der Waals surface area contributed by atoms with Crippen LogP contribution in [0.1, 0.15) is 6.42 Å². The lowest BCUT2D eigenvalue weighted by atomic mass is 9.90. The van der Waals surface area contributed by atoms with Crippen LogP contribution in [0.25, 0.3) is 0 Å². The van der Waals surface area contributed by atoms with Gasteiger partial charge < -0.3 is 10.1 Å². The molecule has 0 radical (unpaired) electrons. The van der Waals surface area contributed by atoms with Gasteiger partial charge >= 0.3 is 0 Å². The lowest BCUT2D eigenvalue weighted by Crippen LogP contribution is -2.35. The van der Waals surface area contributed by atoms with Crippen molar-refractivity contribution in [2.75, 3.05) is 26.3 Å². The summed E-state index contributed by atoms with van der Waals surface area (Å²) in [4.78, 5) is 0. The van der Waals surface area contributed by atoms with Crippen molar-refractivity contribution >= 4 is 0 Å². The van der Waals surface area contributed by atoms with Gasteiger partial charge in [-0.3, -0.25) is 0 Å². The van der Waals surface area contributed by atoms with Crippen LogP contribution in [0.2, 0.25) is 0 Å². The van der Waals surface area contributed by atoms with Crippen LogP contribution in [-0.4, -0.2) is 26.3 Å². The summed E-state index contributed by atoms with van der Waals surface area (Å²) in [5.74, 6) is 1.82. The van der Waals surface area contributed by atoms with Crippen molar-refractivity contribution < 1.29 is 4.74 Å². The fourth-order valence-corrected chi connectivity index (χ4v) is 1.61. The molecule has 2 rings (SSSR count). The summed E-state index contributed by atoms with van der Waals surface area (Å²) in [5.41, 5.74) is 0. The van der Waals surface area contributed by atoms with Gasteiger partial charge in [-0.2, -0.15) is 0 Å². The molecule has 9 heavy (non-hydrogen) atoms. The van der Waals surface area contributed by atoms with E-state index in [9.17, 15) is 0 Å². The quantitative estimate of drug-likeness (QED) is 0.545. The number of ether oxygens (including phenoxy) is 1. The Morgan fingerprint density at radius 3 is 2.56 bits per heavy atom. The Hall–Kier alpha value is -0.0800. The van der Waals surface area contributed by atoms with Crippen LogP contribution in [0.4, 0.5) is 0 Å². The first kappa shape index (κ1) is 5.69. The van der Waals surface area contributed by atoms with Crippen molar-refractivity contribution in [3.05, 3.63) is 0 Å². The predicted octanol–water partition coefficient (Wildman–Crippen LogP) is 0.242. The first-order valence-corrected chi connectivity index (χ1v) is 3.75. The van der Waals surface area contributed by atoms with Crippen LogP contribution in [0.3, 0.4) is 0 Å². The normalized spacial score (nSPS) is 36.7. The van der Waals surface area contributed by atoms with Crippen molar-refractivity contribution in [3.63, 3.8) is 0 Å². The lowest BCUT2D eigenvalue weighted by Gasteiger charge is -2.30. The molecule has 52 valence electrons. The number of nitrogens with one attached hydrogen (secondary N) is 1. The maximum absolute atomic E-state index is 5.12. The highest BCUT2D eigenvalue weighted by atomic mass is 16.5. The molecule has 2 aliphatic heterocycles. The average Bonchev–Trinajstić information content (AvgIpc) is 2.11. The fourth-order valence-electron chi connectivity index (χ4n) is 1.61. The van der Waals surface area contributed by atoms with Gasteiger partial charge in [-0.15, -0.1) is 0 Å². The maximum atomic E-state index is 5.12. The molecule has 0 spiro atoms. The molecule has 2 heterocycles. The Bertz CT molecular complexity index is 95.1. The third-order valence-electron chi connectivity index (χ3n) is 2.43. The number of hydrogen-bond acceptors (Lipinski definition) is 2. The van der Waals surface area contributed by atoms with Crippen molar-refractivity contribution in [1.82, 2.24) is 5.32 Å². The maximum Gasteiger partial charge on any atom is 0.0519 e. The Labute approximate surface area is 55.6 Å². The van der Waals surface area contributed by atoms with Gasteiger partial charge in [-0.05, 0) is 25.4 Å². The molecule has 0 aliphatic carbocycles. The summed E-state index contributed by atoms with van der Waals surface area (Å²) in [6.07, 6.45) is 1.37. The van der Waals surface area contributed by atoms with Crippen LogP contribution >= 0.6 is 0 Å². The molecular formula is C7H13NO. The smallest absolute Gasteiger partial charge is 0.0519 e. The van der Waals surface area contributed by atoms with Crippen LogP contribution in [0, 0.1) is 11.8 Å². The second kappa shape index (κ2) is 2.27. The Morgan fingerprint density at radius 2 is 2.11 bits per heavy atom. The second-order valence-electron chi connectivity index (χ2n) is 3.05. The first-order chi connectivity index (χ1) is 4.47. The summed E-state index contributed by atoms with van der Waals surface area (Å²) >= 11 is 0. The lowest BCUT2D eigenvalue weighted by molar-refractivity contribution is -0.0566. The third kappa shape index (κ3) is 0.970. The molecule has 0 aromatic rings. The van der Waals surface area contributed by atoms with E-state index in [0.29, 0.717) is 0 Å². The van der Waals surface area contributed by atoms with Gasteiger partial charge in [0, 0.05) is 5.92 Å². The fraction of sp³-hybridized carbons (Fsp3) is 1.00. The molecule has 1 N–H and O–H groups in total. The molecule has 2 heteroatoms. The minimum atomic E-state index is 0.889. The summed E-state index contributed by atoms with van der Waals surface area (Å²) in [5, 5.41) is 3.37. The first-order valence-electron chi connectivity index (χ1n) is 3.75. The number of hydrogen-bond donors (Lipinski definition) is 1. The van der Waals surface area contributed by atoms with E-state index in [1.54, 1.807) is 0 Å². The molecule has 0 amide bonds.